The first-order chi connectivity index (χ1) is 14.0. The Hall–Kier alpha value is -3.39. The van der Waals surface area contributed by atoms with Gasteiger partial charge < -0.3 is 9.47 Å². The molecule has 4 aromatic rings. The van der Waals surface area contributed by atoms with Gasteiger partial charge in [-0.3, -0.25) is 10.1 Å². The monoisotopic (exact) mass is 408 g/mol. The summed E-state index contributed by atoms with van der Waals surface area (Å²) in [5.41, 5.74) is 4.67. The van der Waals surface area contributed by atoms with E-state index in [0.717, 1.165) is 16.8 Å². The molecule has 0 fully saturated rings. The molecule has 7 nitrogen and oxygen atoms in total. The van der Waals surface area contributed by atoms with Crippen LogP contribution in [0, 0.1) is 13.8 Å². The highest BCUT2D eigenvalue weighted by Crippen LogP contribution is 2.31. The van der Waals surface area contributed by atoms with Crippen molar-refractivity contribution in [2.24, 2.45) is 0 Å². The van der Waals surface area contributed by atoms with Crippen LogP contribution >= 0.6 is 11.3 Å². The van der Waals surface area contributed by atoms with Gasteiger partial charge in [0.2, 0.25) is 4.96 Å². The van der Waals surface area contributed by atoms with Crippen LogP contribution in [0.15, 0.2) is 41.8 Å². The van der Waals surface area contributed by atoms with E-state index in [1.807, 2.05) is 5.38 Å². The fourth-order valence-corrected chi connectivity index (χ4v) is 4.08. The van der Waals surface area contributed by atoms with Gasteiger partial charge in [-0.05, 0) is 31.5 Å². The van der Waals surface area contributed by atoms with E-state index in [9.17, 15) is 4.79 Å². The van der Waals surface area contributed by atoms with Crippen molar-refractivity contribution in [2.45, 2.75) is 13.8 Å². The minimum absolute atomic E-state index is 0.223. The predicted octanol–water partition coefficient (Wildman–Crippen LogP) is 4.34. The molecule has 1 amide bonds. The van der Waals surface area contributed by atoms with Crippen molar-refractivity contribution < 1.29 is 14.3 Å². The van der Waals surface area contributed by atoms with Gasteiger partial charge in [0.25, 0.3) is 11.9 Å². The van der Waals surface area contributed by atoms with Crippen molar-refractivity contribution in [1.29, 1.82) is 0 Å². The van der Waals surface area contributed by atoms with Crippen LogP contribution in [-0.2, 0) is 0 Å². The number of carbonyl (C=O) groups is 1. The number of carbonyl (C=O) groups excluding carboxylic acids is 1. The van der Waals surface area contributed by atoms with Crippen molar-refractivity contribution in [2.75, 3.05) is 19.5 Å². The maximum Gasteiger partial charge on any atom is 0.265 e. The molecule has 2 aromatic carbocycles. The number of thiazole rings is 1. The molecule has 8 heteroatoms. The van der Waals surface area contributed by atoms with E-state index in [2.05, 4.69) is 47.4 Å². The Morgan fingerprint density at radius 2 is 1.83 bits per heavy atom. The largest absolute Gasteiger partial charge is 0.496 e. The Bertz CT molecular complexity index is 1190. The van der Waals surface area contributed by atoms with Crippen LogP contribution in [0.5, 0.6) is 11.5 Å². The van der Waals surface area contributed by atoms with Crippen molar-refractivity contribution in [3.63, 3.8) is 0 Å². The van der Waals surface area contributed by atoms with Gasteiger partial charge in [-0.25, -0.2) is 4.52 Å². The molecule has 0 aliphatic rings. The van der Waals surface area contributed by atoms with Crippen LogP contribution in [0.2, 0.25) is 0 Å². The first-order valence-electron chi connectivity index (χ1n) is 8.96. The van der Waals surface area contributed by atoms with E-state index in [0.29, 0.717) is 22.0 Å². The van der Waals surface area contributed by atoms with Gasteiger partial charge in [-0.1, -0.05) is 29.8 Å². The van der Waals surface area contributed by atoms with Gasteiger partial charge in [0.15, 0.2) is 0 Å². The summed E-state index contributed by atoms with van der Waals surface area (Å²) in [4.78, 5) is 18.0. The van der Waals surface area contributed by atoms with E-state index in [-0.39, 0.29) is 5.95 Å². The molecular weight excluding hydrogens is 388 g/mol. The first-order valence-corrected chi connectivity index (χ1v) is 9.84. The molecule has 4 rings (SSSR count). The lowest BCUT2D eigenvalue weighted by Crippen LogP contribution is -2.15. The summed E-state index contributed by atoms with van der Waals surface area (Å²) >= 11 is 1.47. The number of nitrogens with zero attached hydrogens (tertiary/aromatic N) is 3. The third-order valence-electron chi connectivity index (χ3n) is 4.62. The molecule has 0 spiro atoms. The standard InChI is InChI=1S/C21H20N4O3S/c1-12-8-9-14(13(2)10-12)15-11-29-21-23-20(24-25(15)21)22-19(26)18-16(27-3)6-5-7-17(18)28-4/h5-11H,1-4H3,(H,22,24,26). The number of anilines is 1. The quantitative estimate of drug-likeness (QED) is 0.531. The predicted molar refractivity (Wildman–Crippen MR) is 113 cm³/mol. The van der Waals surface area contributed by atoms with Crippen LogP contribution in [0.1, 0.15) is 21.5 Å². The van der Waals surface area contributed by atoms with E-state index in [1.165, 1.54) is 31.1 Å². The van der Waals surface area contributed by atoms with E-state index in [4.69, 9.17) is 9.47 Å². The number of benzene rings is 2. The summed E-state index contributed by atoms with van der Waals surface area (Å²) in [7, 11) is 3.01. The zero-order valence-corrected chi connectivity index (χ0v) is 17.3. The molecular formula is C21H20N4O3S. The van der Waals surface area contributed by atoms with Gasteiger partial charge in [0.1, 0.15) is 17.1 Å². The molecule has 0 bridgehead atoms. The van der Waals surface area contributed by atoms with E-state index >= 15 is 0 Å². The molecule has 2 aromatic heterocycles. The third kappa shape index (κ3) is 3.42. The lowest BCUT2D eigenvalue weighted by Gasteiger charge is -2.11. The Balaban J connectivity index is 1.69. The van der Waals surface area contributed by atoms with Crippen LogP contribution in [0.3, 0.4) is 0 Å². The third-order valence-corrected chi connectivity index (χ3v) is 5.44. The smallest absolute Gasteiger partial charge is 0.265 e. The maximum absolute atomic E-state index is 12.9. The lowest BCUT2D eigenvalue weighted by molar-refractivity contribution is 0.102. The highest BCUT2D eigenvalue weighted by atomic mass is 32.1. The molecule has 1 N–H and O–H groups in total. The number of methoxy groups -OCH3 is 2. The SMILES string of the molecule is COc1cccc(OC)c1C(=O)Nc1nc2scc(-c3ccc(C)cc3C)n2n1. The first kappa shape index (κ1) is 18.9. The average molecular weight is 408 g/mol. The Kier molecular flexibility index (Phi) is 4.94. The molecule has 0 aliphatic carbocycles. The number of amides is 1. The maximum atomic E-state index is 12.9. The van der Waals surface area contributed by atoms with Crippen molar-refractivity contribution in [1.82, 2.24) is 14.6 Å². The van der Waals surface area contributed by atoms with Crippen molar-refractivity contribution >= 4 is 28.2 Å². The van der Waals surface area contributed by atoms with Crippen LogP contribution < -0.4 is 14.8 Å². The van der Waals surface area contributed by atoms with Crippen molar-refractivity contribution in [3.05, 3.63) is 58.5 Å². The van der Waals surface area contributed by atoms with Gasteiger partial charge >= 0.3 is 0 Å². The normalized spacial score (nSPS) is 10.9. The average Bonchev–Trinajstić information content (AvgIpc) is 3.27. The summed E-state index contributed by atoms with van der Waals surface area (Å²) in [6, 6.07) is 11.4. The van der Waals surface area contributed by atoms with E-state index < -0.39 is 5.91 Å². The van der Waals surface area contributed by atoms with E-state index in [1.54, 1.807) is 22.7 Å². The van der Waals surface area contributed by atoms with Crippen molar-refractivity contribution in [3.8, 4) is 22.8 Å². The Morgan fingerprint density at radius 1 is 1.10 bits per heavy atom. The van der Waals surface area contributed by atoms with Crippen LogP contribution in [0.4, 0.5) is 5.95 Å². The molecule has 0 aliphatic heterocycles. The Morgan fingerprint density at radius 3 is 2.48 bits per heavy atom. The summed E-state index contributed by atoms with van der Waals surface area (Å²) in [6.45, 7) is 4.13. The Labute approximate surface area is 171 Å². The molecule has 0 atom stereocenters. The lowest BCUT2D eigenvalue weighted by atomic mass is 10.0. The number of hydrogen-bond acceptors (Lipinski definition) is 6. The number of rotatable bonds is 5. The number of nitrogens with one attached hydrogen (secondary N) is 1. The number of hydrogen-bond donors (Lipinski definition) is 1. The molecule has 148 valence electrons. The number of aromatic nitrogens is 3. The minimum atomic E-state index is -0.398. The fourth-order valence-electron chi connectivity index (χ4n) is 3.26. The fraction of sp³-hybridized carbons (Fsp3) is 0.190. The molecule has 29 heavy (non-hydrogen) atoms. The topological polar surface area (TPSA) is 77.8 Å². The second-order valence-electron chi connectivity index (χ2n) is 6.56. The molecule has 0 saturated heterocycles. The second-order valence-corrected chi connectivity index (χ2v) is 7.40. The second kappa shape index (κ2) is 7.56. The number of aryl methyl sites for hydroxylation is 2. The summed E-state index contributed by atoms with van der Waals surface area (Å²) in [6.07, 6.45) is 0. The van der Waals surface area contributed by atoms with Gasteiger partial charge in [0.05, 0.1) is 19.9 Å². The number of ether oxygens (including phenoxy) is 2. The summed E-state index contributed by atoms with van der Waals surface area (Å²) < 4.78 is 12.4. The van der Waals surface area contributed by atoms with Crippen LogP contribution in [0.25, 0.3) is 16.2 Å². The molecule has 0 saturated carbocycles. The number of fused-ring (bicyclic) bond motifs is 1. The zero-order chi connectivity index (χ0) is 20.5. The summed E-state index contributed by atoms with van der Waals surface area (Å²) in [5.74, 6) is 0.657. The van der Waals surface area contributed by atoms with Gasteiger partial charge in [-0.15, -0.1) is 16.4 Å². The minimum Gasteiger partial charge on any atom is -0.496 e. The zero-order valence-electron chi connectivity index (χ0n) is 16.5. The molecule has 2 heterocycles. The highest BCUT2D eigenvalue weighted by Gasteiger charge is 2.21. The van der Waals surface area contributed by atoms with Gasteiger partial charge in [-0.2, -0.15) is 4.98 Å². The molecule has 0 radical (unpaired) electrons. The van der Waals surface area contributed by atoms with Gasteiger partial charge in [0, 0.05) is 10.9 Å². The highest BCUT2D eigenvalue weighted by molar-refractivity contribution is 7.15. The molecule has 0 unspecified atom stereocenters. The summed E-state index contributed by atoms with van der Waals surface area (Å²) in [5, 5.41) is 9.26. The van der Waals surface area contributed by atoms with Crippen LogP contribution in [-0.4, -0.2) is 34.7 Å².